The van der Waals surface area contributed by atoms with Crippen molar-refractivity contribution in [3.05, 3.63) is 18.5 Å². The lowest BCUT2D eigenvalue weighted by molar-refractivity contribution is 0.154. The van der Waals surface area contributed by atoms with E-state index in [1.807, 2.05) is 23.9 Å². The second kappa shape index (κ2) is 13.4. The first kappa shape index (κ1) is 23.1. The van der Waals surface area contributed by atoms with Gasteiger partial charge in [-0.25, -0.2) is 8.42 Å². The lowest BCUT2D eigenvalue weighted by atomic mass is 10.4. The molecule has 24 heavy (non-hydrogen) atoms. The zero-order chi connectivity index (χ0) is 17.0. The standard InChI is InChI=1S/C14H27N5O3S.HI/c1-3-15-14(16-6-4-9-19-10-5-7-18-19)17-8-11-22-12-13-23(2,20)21;/h5,7,10H,3-4,6,8-9,11-13H2,1-2H3,(H2,15,16,17);1H. The van der Waals surface area contributed by atoms with Crippen LogP contribution in [0.1, 0.15) is 13.3 Å². The summed E-state index contributed by atoms with van der Waals surface area (Å²) in [4.78, 5) is 4.47. The number of guanidine groups is 1. The van der Waals surface area contributed by atoms with Crippen molar-refractivity contribution in [1.29, 1.82) is 0 Å². The van der Waals surface area contributed by atoms with Crippen LogP contribution in [0.5, 0.6) is 0 Å². The molecule has 0 bridgehead atoms. The van der Waals surface area contributed by atoms with E-state index in [1.165, 1.54) is 6.26 Å². The molecule has 10 heteroatoms. The highest BCUT2D eigenvalue weighted by Crippen LogP contribution is 1.90. The zero-order valence-electron chi connectivity index (χ0n) is 14.3. The molecule has 8 nitrogen and oxygen atoms in total. The topological polar surface area (TPSA) is 97.6 Å². The number of rotatable bonds is 11. The van der Waals surface area contributed by atoms with Crippen LogP contribution in [0.25, 0.3) is 0 Å². The highest BCUT2D eigenvalue weighted by atomic mass is 127. The number of hydrogen-bond acceptors (Lipinski definition) is 5. The van der Waals surface area contributed by atoms with E-state index in [-0.39, 0.29) is 36.3 Å². The number of ether oxygens (including phenoxy) is 1. The molecule has 140 valence electrons. The Kier molecular flexibility index (Phi) is 12.9. The van der Waals surface area contributed by atoms with Gasteiger partial charge in [-0.3, -0.25) is 9.67 Å². The molecular weight excluding hydrogens is 445 g/mol. The Morgan fingerprint density at radius 1 is 1.33 bits per heavy atom. The fraction of sp³-hybridized carbons (Fsp3) is 0.714. The fourth-order valence-electron chi connectivity index (χ4n) is 1.75. The van der Waals surface area contributed by atoms with E-state index < -0.39 is 9.84 Å². The number of aliphatic imine (C=N–C) groups is 1. The summed E-state index contributed by atoms with van der Waals surface area (Å²) in [7, 11) is -2.96. The molecule has 0 fully saturated rings. The number of aromatic nitrogens is 2. The fourth-order valence-corrected chi connectivity index (χ4v) is 2.17. The van der Waals surface area contributed by atoms with Crippen molar-refractivity contribution >= 4 is 39.8 Å². The molecule has 0 aromatic carbocycles. The molecule has 2 N–H and O–H groups in total. The SMILES string of the molecule is CCNC(=NCCCn1cccn1)NCCOCCS(C)(=O)=O.I. The van der Waals surface area contributed by atoms with Gasteiger partial charge in [0.2, 0.25) is 0 Å². The Hall–Kier alpha value is -0.880. The van der Waals surface area contributed by atoms with E-state index >= 15 is 0 Å². The number of sulfone groups is 1. The summed E-state index contributed by atoms with van der Waals surface area (Å²) in [6.45, 7) is 5.55. The molecule has 0 saturated heterocycles. The third-order valence-corrected chi connectivity index (χ3v) is 3.76. The maximum atomic E-state index is 11.0. The molecule has 1 aromatic rings. The van der Waals surface area contributed by atoms with Crippen molar-refractivity contribution in [3.63, 3.8) is 0 Å². The molecule has 1 rings (SSSR count). The zero-order valence-corrected chi connectivity index (χ0v) is 17.4. The molecule has 0 atom stereocenters. The Balaban J connectivity index is 0.00000529. The third kappa shape index (κ3) is 12.5. The van der Waals surface area contributed by atoms with E-state index in [1.54, 1.807) is 6.20 Å². The lowest BCUT2D eigenvalue weighted by Crippen LogP contribution is -2.39. The molecule has 0 radical (unpaired) electrons. The van der Waals surface area contributed by atoms with Crippen LogP contribution in [0.3, 0.4) is 0 Å². The van der Waals surface area contributed by atoms with Crippen molar-refractivity contribution in [2.75, 3.05) is 44.9 Å². The summed E-state index contributed by atoms with van der Waals surface area (Å²) >= 11 is 0. The van der Waals surface area contributed by atoms with E-state index in [9.17, 15) is 8.42 Å². The van der Waals surface area contributed by atoms with Crippen LogP contribution in [0.2, 0.25) is 0 Å². The highest BCUT2D eigenvalue weighted by Gasteiger charge is 2.01. The Morgan fingerprint density at radius 2 is 2.12 bits per heavy atom. The van der Waals surface area contributed by atoms with Crippen molar-refractivity contribution in [3.8, 4) is 0 Å². The molecule has 0 amide bonds. The average Bonchev–Trinajstić information content (AvgIpc) is 2.99. The number of nitrogens with zero attached hydrogens (tertiary/aromatic N) is 3. The first-order chi connectivity index (χ1) is 11.0. The van der Waals surface area contributed by atoms with Crippen molar-refractivity contribution < 1.29 is 13.2 Å². The normalized spacial score (nSPS) is 11.8. The molecule has 0 aliphatic rings. The summed E-state index contributed by atoms with van der Waals surface area (Å²) < 4.78 is 29.1. The van der Waals surface area contributed by atoms with Crippen LogP contribution in [0.4, 0.5) is 0 Å². The Bertz CT molecular complexity index is 549. The smallest absolute Gasteiger partial charge is 0.191 e. The molecule has 0 unspecified atom stereocenters. The predicted molar refractivity (Wildman–Crippen MR) is 107 cm³/mol. The van der Waals surface area contributed by atoms with Crippen LogP contribution in [-0.4, -0.2) is 69.0 Å². The van der Waals surface area contributed by atoms with Crippen LogP contribution >= 0.6 is 24.0 Å². The van der Waals surface area contributed by atoms with Crippen LogP contribution in [0.15, 0.2) is 23.5 Å². The van der Waals surface area contributed by atoms with Crippen molar-refractivity contribution in [1.82, 2.24) is 20.4 Å². The van der Waals surface area contributed by atoms with Crippen LogP contribution in [0, 0.1) is 0 Å². The largest absolute Gasteiger partial charge is 0.379 e. The third-order valence-electron chi connectivity index (χ3n) is 2.86. The molecular formula is C14H28IN5O3S. The van der Waals surface area contributed by atoms with Crippen molar-refractivity contribution in [2.24, 2.45) is 4.99 Å². The van der Waals surface area contributed by atoms with E-state index in [0.717, 1.165) is 25.5 Å². The summed E-state index contributed by atoms with van der Waals surface area (Å²) in [5.41, 5.74) is 0. The van der Waals surface area contributed by atoms with Gasteiger partial charge < -0.3 is 15.4 Å². The number of aryl methyl sites for hydroxylation is 1. The minimum atomic E-state index is -2.96. The van der Waals surface area contributed by atoms with Gasteiger partial charge in [-0.15, -0.1) is 24.0 Å². The molecule has 0 spiro atoms. The molecule has 1 aromatic heterocycles. The van der Waals surface area contributed by atoms with Gasteiger partial charge in [-0.1, -0.05) is 0 Å². The second-order valence-corrected chi connectivity index (χ2v) is 7.31. The second-order valence-electron chi connectivity index (χ2n) is 5.05. The lowest BCUT2D eigenvalue weighted by Gasteiger charge is -2.11. The maximum Gasteiger partial charge on any atom is 0.191 e. The molecule has 1 heterocycles. The first-order valence-electron chi connectivity index (χ1n) is 7.76. The summed E-state index contributed by atoms with van der Waals surface area (Å²) in [6.07, 6.45) is 5.80. The quantitative estimate of drug-likeness (QED) is 0.210. The van der Waals surface area contributed by atoms with Gasteiger partial charge in [0.05, 0.1) is 19.0 Å². The minimum Gasteiger partial charge on any atom is -0.379 e. The van der Waals surface area contributed by atoms with E-state index in [4.69, 9.17) is 4.74 Å². The highest BCUT2D eigenvalue weighted by molar-refractivity contribution is 14.0. The van der Waals surface area contributed by atoms with Gasteiger partial charge in [-0.05, 0) is 19.4 Å². The molecule has 0 saturated carbocycles. The van der Waals surface area contributed by atoms with Gasteiger partial charge in [0.25, 0.3) is 0 Å². The van der Waals surface area contributed by atoms with Gasteiger partial charge in [-0.2, -0.15) is 5.10 Å². The van der Waals surface area contributed by atoms with E-state index in [2.05, 4.69) is 20.7 Å². The monoisotopic (exact) mass is 473 g/mol. The first-order valence-corrected chi connectivity index (χ1v) is 9.82. The van der Waals surface area contributed by atoms with Gasteiger partial charge in [0.1, 0.15) is 9.84 Å². The van der Waals surface area contributed by atoms with Gasteiger partial charge in [0.15, 0.2) is 5.96 Å². The summed E-state index contributed by atoms with van der Waals surface area (Å²) in [5.74, 6) is 0.786. The maximum absolute atomic E-state index is 11.0. The van der Waals surface area contributed by atoms with Gasteiger partial charge in [0, 0.05) is 44.8 Å². The van der Waals surface area contributed by atoms with E-state index in [0.29, 0.717) is 19.7 Å². The number of nitrogens with one attached hydrogen (secondary N) is 2. The predicted octanol–water partition coefficient (Wildman–Crippen LogP) is 0.508. The summed E-state index contributed by atoms with van der Waals surface area (Å²) in [6, 6.07) is 1.90. The Labute approximate surface area is 161 Å². The van der Waals surface area contributed by atoms with Gasteiger partial charge >= 0.3 is 0 Å². The van der Waals surface area contributed by atoms with Crippen molar-refractivity contribution in [2.45, 2.75) is 19.9 Å². The number of halogens is 1. The summed E-state index contributed by atoms with van der Waals surface area (Å²) in [5, 5.41) is 10.5. The molecule has 0 aliphatic carbocycles. The van der Waals surface area contributed by atoms with Crippen LogP contribution < -0.4 is 10.6 Å². The molecule has 0 aliphatic heterocycles. The average molecular weight is 473 g/mol. The van der Waals surface area contributed by atoms with Crippen LogP contribution in [-0.2, 0) is 21.1 Å². The Morgan fingerprint density at radius 3 is 2.75 bits per heavy atom. The minimum absolute atomic E-state index is 0. The number of hydrogen-bond donors (Lipinski definition) is 2.